The first kappa shape index (κ1) is 14.2. The minimum atomic E-state index is 0.343. The van der Waals surface area contributed by atoms with Crippen molar-refractivity contribution in [1.82, 2.24) is 9.97 Å². The maximum atomic E-state index is 6.19. The number of hydrogen-bond donors (Lipinski definition) is 0. The van der Waals surface area contributed by atoms with Crippen molar-refractivity contribution in [2.45, 2.75) is 46.5 Å². The normalized spacial score (nSPS) is 10.9. The maximum absolute atomic E-state index is 6.19. The summed E-state index contributed by atoms with van der Waals surface area (Å²) >= 11 is 6.19. The SMILES string of the molecule is CCCN(CCC)c1ncnc(Cl)c1C(C)C. The fraction of sp³-hybridized carbons (Fsp3) is 0.692. The fourth-order valence-corrected chi connectivity index (χ4v) is 2.32. The monoisotopic (exact) mass is 255 g/mol. The van der Waals surface area contributed by atoms with Gasteiger partial charge in [0, 0.05) is 18.7 Å². The molecule has 0 aliphatic heterocycles. The molecule has 0 amide bonds. The molecule has 0 fully saturated rings. The van der Waals surface area contributed by atoms with E-state index >= 15 is 0 Å². The zero-order chi connectivity index (χ0) is 12.8. The van der Waals surface area contributed by atoms with Gasteiger partial charge in [-0.2, -0.15) is 0 Å². The Kier molecular flexibility index (Phi) is 5.69. The molecule has 0 radical (unpaired) electrons. The summed E-state index contributed by atoms with van der Waals surface area (Å²) in [6.45, 7) is 10.6. The van der Waals surface area contributed by atoms with Gasteiger partial charge < -0.3 is 4.90 Å². The highest BCUT2D eigenvalue weighted by atomic mass is 35.5. The van der Waals surface area contributed by atoms with Crippen LogP contribution in [0.5, 0.6) is 0 Å². The first-order valence-electron chi connectivity index (χ1n) is 6.37. The van der Waals surface area contributed by atoms with E-state index in [0.717, 1.165) is 37.3 Å². The van der Waals surface area contributed by atoms with Gasteiger partial charge in [-0.1, -0.05) is 39.3 Å². The van der Waals surface area contributed by atoms with Crippen LogP contribution in [-0.2, 0) is 0 Å². The molecule has 0 spiro atoms. The van der Waals surface area contributed by atoms with Crippen LogP contribution < -0.4 is 4.90 Å². The second-order valence-electron chi connectivity index (χ2n) is 4.54. The number of nitrogens with zero attached hydrogens (tertiary/aromatic N) is 3. The van der Waals surface area contributed by atoms with E-state index in [0.29, 0.717) is 11.1 Å². The summed E-state index contributed by atoms with van der Waals surface area (Å²) in [5, 5.41) is 0.585. The number of aromatic nitrogens is 2. The second kappa shape index (κ2) is 6.80. The van der Waals surface area contributed by atoms with Crippen molar-refractivity contribution in [3.63, 3.8) is 0 Å². The summed E-state index contributed by atoms with van der Waals surface area (Å²) in [7, 11) is 0. The third kappa shape index (κ3) is 3.56. The molecule has 4 heteroatoms. The Morgan fingerprint density at radius 1 is 1.18 bits per heavy atom. The summed E-state index contributed by atoms with van der Waals surface area (Å²) in [6.07, 6.45) is 3.78. The van der Waals surface area contributed by atoms with Crippen LogP contribution in [0.25, 0.3) is 0 Å². The summed E-state index contributed by atoms with van der Waals surface area (Å²) in [5.74, 6) is 1.35. The molecule has 0 saturated heterocycles. The van der Waals surface area contributed by atoms with Crippen LogP contribution >= 0.6 is 11.6 Å². The Balaban J connectivity index is 3.12. The quantitative estimate of drug-likeness (QED) is 0.723. The van der Waals surface area contributed by atoms with Crippen LogP contribution in [-0.4, -0.2) is 23.1 Å². The molecule has 0 bridgehead atoms. The van der Waals surface area contributed by atoms with E-state index in [1.54, 1.807) is 6.33 Å². The van der Waals surface area contributed by atoms with Crippen molar-refractivity contribution in [2.24, 2.45) is 0 Å². The second-order valence-corrected chi connectivity index (χ2v) is 4.90. The van der Waals surface area contributed by atoms with Crippen LogP contribution in [0.1, 0.15) is 52.0 Å². The molecule has 3 nitrogen and oxygen atoms in total. The van der Waals surface area contributed by atoms with Crippen LogP contribution in [0, 0.1) is 0 Å². The van der Waals surface area contributed by atoms with E-state index in [4.69, 9.17) is 11.6 Å². The molecule has 1 heterocycles. The molecule has 96 valence electrons. The Labute approximate surface area is 109 Å². The van der Waals surface area contributed by atoms with Gasteiger partial charge in [-0.25, -0.2) is 9.97 Å². The summed E-state index contributed by atoms with van der Waals surface area (Å²) < 4.78 is 0. The van der Waals surface area contributed by atoms with E-state index < -0.39 is 0 Å². The molecule has 0 aromatic carbocycles. The maximum Gasteiger partial charge on any atom is 0.138 e. The number of halogens is 1. The highest BCUT2D eigenvalue weighted by Crippen LogP contribution is 2.30. The lowest BCUT2D eigenvalue weighted by Gasteiger charge is -2.26. The molecular formula is C13H22ClN3. The van der Waals surface area contributed by atoms with Crippen molar-refractivity contribution in [1.29, 1.82) is 0 Å². The third-order valence-electron chi connectivity index (χ3n) is 2.68. The van der Waals surface area contributed by atoms with Gasteiger partial charge in [0.1, 0.15) is 17.3 Å². The Morgan fingerprint density at radius 2 is 1.76 bits per heavy atom. The van der Waals surface area contributed by atoms with Gasteiger partial charge in [-0.15, -0.1) is 0 Å². The molecule has 1 aromatic heterocycles. The number of rotatable bonds is 6. The minimum absolute atomic E-state index is 0.343. The van der Waals surface area contributed by atoms with E-state index in [-0.39, 0.29) is 0 Å². The molecular weight excluding hydrogens is 234 g/mol. The van der Waals surface area contributed by atoms with E-state index in [2.05, 4.69) is 42.6 Å². The first-order valence-corrected chi connectivity index (χ1v) is 6.74. The van der Waals surface area contributed by atoms with Crippen molar-refractivity contribution in [2.75, 3.05) is 18.0 Å². The molecule has 0 unspecified atom stereocenters. The fourth-order valence-electron chi connectivity index (χ4n) is 1.98. The molecule has 0 aliphatic rings. The molecule has 0 saturated carbocycles. The zero-order valence-corrected chi connectivity index (χ0v) is 12.0. The van der Waals surface area contributed by atoms with Crippen LogP contribution in [0.15, 0.2) is 6.33 Å². The zero-order valence-electron chi connectivity index (χ0n) is 11.2. The highest BCUT2D eigenvalue weighted by molar-refractivity contribution is 6.30. The smallest absolute Gasteiger partial charge is 0.138 e. The van der Waals surface area contributed by atoms with E-state index in [9.17, 15) is 0 Å². The predicted molar refractivity (Wildman–Crippen MR) is 73.9 cm³/mol. The molecule has 0 atom stereocenters. The van der Waals surface area contributed by atoms with Crippen molar-refractivity contribution >= 4 is 17.4 Å². The highest BCUT2D eigenvalue weighted by Gasteiger charge is 2.17. The Morgan fingerprint density at radius 3 is 2.24 bits per heavy atom. The number of anilines is 1. The molecule has 0 N–H and O–H groups in total. The van der Waals surface area contributed by atoms with Crippen LogP contribution in [0.4, 0.5) is 5.82 Å². The average molecular weight is 256 g/mol. The largest absolute Gasteiger partial charge is 0.356 e. The number of hydrogen-bond acceptors (Lipinski definition) is 3. The van der Waals surface area contributed by atoms with Gasteiger partial charge in [-0.3, -0.25) is 0 Å². The molecule has 1 aromatic rings. The van der Waals surface area contributed by atoms with Gasteiger partial charge in [0.05, 0.1) is 0 Å². The van der Waals surface area contributed by atoms with Crippen LogP contribution in [0.3, 0.4) is 0 Å². The van der Waals surface area contributed by atoms with Crippen molar-refractivity contribution in [3.05, 3.63) is 17.0 Å². The van der Waals surface area contributed by atoms with Crippen LogP contribution in [0.2, 0.25) is 5.15 Å². The minimum Gasteiger partial charge on any atom is -0.356 e. The van der Waals surface area contributed by atoms with Gasteiger partial charge >= 0.3 is 0 Å². The van der Waals surface area contributed by atoms with Crippen molar-refractivity contribution in [3.8, 4) is 0 Å². The molecule has 1 rings (SSSR count). The van der Waals surface area contributed by atoms with Gasteiger partial charge in [0.2, 0.25) is 0 Å². The lowest BCUT2D eigenvalue weighted by molar-refractivity contribution is 0.716. The average Bonchev–Trinajstić information content (AvgIpc) is 2.28. The van der Waals surface area contributed by atoms with Gasteiger partial charge in [-0.05, 0) is 18.8 Å². The third-order valence-corrected chi connectivity index (χ3v) is 2.98. The standard InChI is InChI=1S/C13H22ClN3/c1-5-7-17(8-6-2)13-11(10(3)4)12(14)15-9-16-13/h9-10H,5-8H2,1-4H3. The van der Waals surface area contributed by atoms with Crippen molar-refractivity contribution < 1.29 is 0 Å². The predicted octanol–water partition coefficient (Wildman–Crippen LogP) is 3.88. The Bertz CT molecular complexity index is 347. The summed E-state index contributed by atoms with van der Waals surface area (Å²) in [6, 6.07) is 0. The van der Waals surface area contributed by atoms with Gasteiger partial charge in [0.25, 0.3) is 0 Å². The van der Waals surface area contributed by atoms with Gasteiger partial charge in [0.15, 0.2) is 0 Å². The topological polar surface area (TPSA) is 29.0 Å². The Hall–Kier alpha value is -0.830. The molecule has 0 aliphatic carbocycles. The lowest BCUT2D eigenvalue weighted by atomic mass is 10.1. The lowest BCUT2D eigenvalue weighted by Crippen LogP contribution is -2.27. The summed E-state index contributed by atoms with van der Waals surface area (Å²) in [4.78, 5) is 10.8. The first-order chi connectivity index (χ1) is 8.11. The molecule has 17 heavy (non-hydrogen) atoms. The summed E-state index contributed by atoms with van der Waals surface area (Å²) in [5.41, 5.74) is 1.07. The van der Waals surface area contributed by atoms with E-state index in [1.165, 1.54) is 0 Å². The van der Waals surface area contributed by atoms with E-state index in [1.807, 2.05) is 0 Å².